The van der Waals surface area contributed by atoms with Crippen LogP contribution in [-0.2, 0) is 23.6 Å². The van der Waals surface area contributed by atoms with Crippen molar-refractivity contribution in [1.82, 2.24) is 19.4 Å². The Bertz CT molecular complexity index is 1080. The smallest absolute Gasteiger partial charge is 0.307 e. The summed E-state index contributed by atoms with van der Waals surface area (Å²) in [6.07, 6.45) is 3.83. The van der Waals surface area contributed by atoms with Crippen molar-refractivity contribution in [2.24, 2.45) is 7.05 Å². The maximum absolute atomic E-state index is 14.1. The van der Waals surface area contributed by atoms with Gasteiger partial charge in [0.25, 0.3) is 10.0 Å². The highest BCUT2D eigenvalue weighted by atomic mass is 32.2. The molecule has 2 N–H and O–H groups in total. The molecule has 0 bridgehead atoms. The molecular weight excluding hydrogens is 433 g/mol. The van der Waals surface area contributed by atoms with Crippen LogP contribution in [0.2, 0.25) is 0 Å². The monoisotopic (exact) mass is 465 g/mol. The van der Waals surface area contributed by atoms with Crippen LogP contribution in [-0.4, -0.2) is 42.2 Å². The number of hydrogen-bond acceptors (Lipinski definition) is 5. The van der Waals surface area contributed by atoms with E-state index < -0.39 is 21.9 Å². The topological polar surface area (TPSA) is 96.3 Å². The zero-order valence-corrected chi connectivity index (χ0v) is 20.3. The van der Waals surface area contributed by atoms with Crippen molar-refractivity contribution in [3.8, 4) is 0 Å². The van der Waals surface area contributed by atoms with Crippen LogP contribution < -0.4 is 10.0 Å². The normalized spacial score (nSPS) is 14.4. The van der Waals surface area contributed by atoms with Crippen molar-refractivity contribution in [3.05, 3.63) is 40.8 Å². The summed E-state index contributed by atoms with van der Waals surface area (Å²) in [5.74, 6) is -0.542. The summed E-state index contributed by atoms with van der Waals surface area (Å²) in [5.41, 5.74) is 2.16. The number of carbonyl (C=O) groups is 1. The SMILES string of the molecule is CC(C)c1cc(F)cc(C(C)C)c1NC(=O)NS(=O)(=O)c1nn(C)cc1CN(C)C1CC1. The number of sulfonamides is 1. The molecule has 1 aliphatic carbocycles. The van der Waals surface area contributed by atoms with Crippen LogP contribution in [0.15, 0.2) is 23.4 Å². The molecule has 1 aromatic heterocycles. The second-order valence-corrected chi connectivity index (χ2v) is 10.7. The summed E-state index contributed by atoms with van der Waals surface area (Å²) in [6.45, 7) is 7.96. The molecule has 3 rings (SSSR count). The van der Waals surface area contributed by atoms with Gasteiger partial charge in [-0.3, -0.25) is 9.58 Å². The van der Waals surface area contributed by atoms with Crippen LogP contribution in [0.25, 0.3) is 0 Å². The van der Waals surface area contributed by atoms with Gasteiger partial charge in [-0.05, 0) is 55.0 Å². The van der Waals surface area contributed by atoms with Gasteiger partial charge in [0.1, 0.15) is 5.82 Å². The van der Waals surface area contributed by atoms with Gasteiger partial charge in [-0.25, -0.2) is 13.9 Å². The third kappa shape index (κ3) is 5.47. The number of anilines is 1. The number of nitrogens with zero attached hydrogens (tertiary/aromatic N) is 3. The standard InChI is InChI=1S/C22H32FN5O3S/c1-13(2)18-9-16(23)10-19(14(3)4)20(18)24-22(29)26-32(30,31)21-15(12-28(6)25-21)11-27(5)17-7-8-17/h9-10,12-14,17H,7-8,11H2,1-6H3,(H2,24,26,29). The second-order valence-electron chi connectivity index (χ2n) is 9.11. The van der Waals surface area contributed by atoms with E-state index in [1.165, 1.54) is 16.8 Å². The molecule has 176 valence electrons. The summed E-state index contributed by atoms with van der Waals surface area (Å²) < 4.78 is 43.6. The molecule has 1 saturated carbocycles. The molecule has 1 aliphatic rings. The predicted octanol–water partition coefficient (Wildman–Crippen LogP) is 3.91. The second kappa shape index (κ2) is 9.19. The first kappa shape index (κ1) is 24.2. The maximum atomic E-state index is 14.1. The summed E-state index contributed by atoms with van der Waals surface area (Å²) in [7, 11) is -0.627. The number of halogens is 1. The Morgan fingerprint density at radius 1 is 1.22 bits per heavy atom. The largest absolute Gasteiger partial charge is 0.333 e. The number of hydrogen-bond donors (Lipinski definition) is 2. The molecule has 0 atom stereocenters. The Hall–Kier alpha value is -2.46. The highest BCUT2D eigenvalue weighted by molar-refractivity contribution is 7.90. The number of rotatable bonds is 8. The van der Waals surface area contributed by atoms with E-state index in [-0.39, 0.29) is 16.9 Å². The number of aryl methyl sites for hydroxylation is 1. The van der Waals surface area contributed by atoms with Crippen LogP contribution in [0.5, 0.6) is 0 Å². The van der Waals surface area contributed by atoms with Gasteiger partial charge in [-0.1, -0.05) is 27.7 Å². The van der Waals surface area contributed by atoms with Gasteiger partial charge in [0.15, 0.2) is 0 Å². The quantitative estimate of drug-likeness (QED) is 0.616. The zero-order valence-electron chi connectivity index (χ0n) is 19.4. The fraction of sp³-hybridized carbons (Fsp3) is 0.545. The van der Waals surface area contributed by atoms with E-state index in [9.17, 15) is 17.6 Å². The van der Waals surface area contributed by atoms with E-state index in [0.717, 1.165) is 12.8 Å². The van der Waals surface area contributed by atoms with E-state index in [1.54, 1.807) is 13.2 Å². The Kier molecular flexibility index (Phi) is 6.94. The average molecular weight is 466 g/mol. The summed E-state index contributed by atoms with van der Waals surface area (Å²) >= 11 is 0. The molecule has 0 unspecified atom stereocenters. The number of nitrogens with one attached hydrogen (secondary N) is 2. The number of amides is 2. The first-order valence-electron chi connectivity index (χ1n) is 10.8. The van der Waals surface area contributed by atoms with Gasteiger partial charge in [-0.2, -0.15) is 13.5 Å². The van der Waals surface area contributed by atoms with Crippen LogP contribution in [0.4, 0.5) is 14.9 Å². The number of aromatic nitrogens is 2. The Labute approximate surface area is 189 Å². The molecule has 0 aliphatic heterocycles. The number of urea groups is 1. The van der Waals surface area contributed by atoms with Crippen LogP contribution >= 0.6 is 0 Å². The van der Waals surface area contributed by atoms with Crippen molar-refractivity contribution in [3.63, 3.8) is 0 Å². The predicted molar refractivity (Wildman–Crippen MR) is 122 cm³/mol. The Morgan fingerprint density at radius 2 is 1.78 bits per heavy atom. The molecule has 1 aromatic carbocycles. The fourth-order valence-corrected chi connectivity index (χ4v) is 4.87. The molecule has 0 radical (unpaired) electrons. The van der Waals surface area contributed by atoms with Gasteiger partial charge in [0.2, 0.25) is 5.03 Å². The molecule has 1 fully saturated rings. The van der Waals surface area contributed by atoms with Crippen molar-refractivity contribution in [1.29, 1.82) is 0 Å². The lowest BCUT2D eigenvalue weighted by atomic mass is 9.92. The van der Waals surface area contributed by atoms with Crippen molar-refractivity contribution < 1.29 is 17.6 Å². The van der Waals surface area contributed by atoms with Crippen molar-refractivity contribution in [2.45, 2.75) is 70.0 Å². The van der Waals surface area contributed by atoms with Crippen LogP contribution in [0.3, 0.4) is 0 Å². The summed E-state index contributed by atoms with van der Waals surface area (Å²) in [4.78, 5) is 14.8. The highest BCUT2D eigenvalue weighted by Crippen LogP contribution is 2.33. The fourth-order valence-electron chi connectivity index (χ4n) is 3.78. The summed E-state index contributed by atoms with van der Waals surface area (Å²) in [6, 6.07) is 2.27. The van der Waals surface area contributed by atoms with Gasteiger partial charge < -0.3 is 5.32 Å². The van der Waals surface area contributed by atoms with E-state index >= 15 is 0 Å². The molecular formula is C22H32FN5O3S. The minimum atomic E-state index is -4.21. The lowest BCUT2D eigenvalue weighted by Crippen LogP contribution is -2.36. The maximum Gasteiger partial charge on any atom is 0.333 e. The minimum Gasteiger partial charge on any atom is -0.307 e. The molecule has 0 spiro atoms. The minimum absolute atomic E-state index is 0.0736. The Balaban J connectivity index is 1.85. The average Bonchev–Trinajstić information content (AvgIpc) is 3.45. The molecule has 32 heavy (non-hydrogen) atoms. The lowest BCUT2D eigenvalue weighted by Gasteiger charge is -2.21. The third-order valence-corrected chi connectivity index (χ3v) is 6.89. The summed E-state index contributed by atoms with van der Waals surface area (Å²) in [5, 5.41) is 6.57. The molecule has 0 saturated heterocycles. The van der Waals surface area contributed by atoms with Crippen LogP contribution in [0, 0.1) is 5.82 Å². The van der Waals surface area contributed by atoms with Crippen molar-refractivity contribution in [2.75, 3.05) is 12.4 Å². The van der Waals surface area contributed by atoms with Gasteiger partial charge in [0, 0.05) is 37.1 Å². The van der Waals surface area contributed by atoms with Crippen molar-refractivity contribution >= 4 is 21.7 Å². The zero-order chi connectivity index (χ0) is 23.8. The van der Waals surface area contributed by atoms with E-state index in [1.807, 2.05) is 34.7 Å². The number of benzene rings is 1. The Morgan fingerprint density at radius 3 is 2.28 bits per heavy atom. The number of carbonyl (C=O) groups excluding carboxylic acids is 1. The van der Waals surface area contributed by atoms with Gasteiger partial charge >= 0.3 is 6.03 Å². The first-order valence-corrected chi connectivity index (χ1v) is 12.3. The van der Waals surface area contributed by atoms with Gasteiger partial charge in [0.05, 0.1) is 0 Å². The first-order chi connectivity index (χ1) is 14.9. The van der Waals surface area contributed by atoms with E-state index in [4.69, 9.17) is 0 Å². The molecule has 1 heterocycles. The molecule has 2 amide bonds. The molecule has 10 heteroatoms. The van der Waals surface area contributed by atoms with E-state index in [0.29, 0.717) is 35.0 Å². The third-order valence-electron chi connectivity index (χ3n) is 5.58. The van der Waals surface area contributed by atoms with E-state index in [2.05, 4.69) is 20.0 Å². The lowest BCUT2D eigenvalue weighted by molar-refractivity contribution is 0.256. The molecule has 2 aromatic rings. The highest BCUT2D eigenvalue weighted by Gasteiger charge is 2.30. The van der Waals surface area contributed by atoms with Gasteiger partial charge in [-0.15, -0.1) is 0 Å². The van der Waals surface area contributed by atoms with Crippen LogP contribution in [0.1, 0.15) is 69.1 Å². The molecule has 8 nitrogen and oxygen atoms in total.